The average molecular weight is 995 g/mol. The maximum absolute atomic E-state index is 12.8. The molecule has 0 bridgehead atoms. The summed E-state index contributed by atoms with van der Waals surface area (Å²) < 4.78 is 22.6. The van der Waals surface area contributed by atoms with Crippen molar-refractivity contribution in [2.45, 2.75) is 245 Å². The van der Waals surface area contributed by atoms with Gasteiger partial charge < -0.3 is 33.3 Å². The van der Waals surface area contributed by atoms with Crippen LogP contribution in [-0.2, 0) is 33.3 Å². The van der Waals surface area contributed by atoms with E-state index >= 15 is 0 Å². The van der Waals surface area contributed by atoms with Gasteiger partial charge in [-0.05, 0) is 89.9 Å². The summed E-state index contributed by atoms with van der Waals surface area (Å²) in [6.45, 7) is 4.59. The van der Waals surface area contributed by atoms with E-state index in [2.05, 4.69) is 98.9 Å². The Morgan fingerprint density at radius 1 is 0.437 bits per heavy atom. The topological polar surface area (TPSA) is 111 Å². The van der Waals surface area contributed by atoms with E-state index in [1.807, 2.05) is 21.1 Å². The van der Waals surface area contributed by atoms with Gasteiger partial charge in [-0.3, -0.25) is 9.59 Å². The van der Waals surface area contributed by atoms with Gasteiger partial charge in [0.1, 0.15) is 13.2 Å². The van der Waals surface area contributed by atoms with Gasteiger partial charge in [0.05, 0.1) is 40.3 Å². The fourth-order valence-corrected chi connectivity index (χ4v) is 7.71. The zero-order chi connectivity index (χ0) is 52.0. The molecule has 0 heterocycles. The molecular weight excluding hydrogens is 887 g/mol. The van der Waals surface area contributed by atoms with Crippen molar-refractivity contribution >= 4 is 17.9 Å². The molecule has 408 valence electrons. The van der Waals surface area contributed by atoms with Crippen molar-refractivity contribution in [1.29, 1.82) is 0 Å². The van der Waals surface area contributed by atoms with Gasteiger partial charge in [0, 0.05) is 12.8 Å². The molecule has 9 heteroatoms. The van der Waals surface area contributed by atoms with E-state index < -0.39 is 24.3 Å². The highest BCUT2D eigenvalue weighted by molar-refractivity contribution is 5.70. The normalized spacial score (nSPS) is 13.4. The molecule has 0 radical (unpaired) electrons. The Hall–Kier alpha value is -3.53. The van der Waals surface area contributed by atoms with E-state index in [0.29, 0.717) is 17.4 Å². The summed E-state index contributed by atoms with van der Waals surface area (Å²) in [5.74, 6) is -2.32. The summed E-state index contributed by atoms with van der Waals surface area (Å²) in [7, 11) is 5.91. The number of carbonyl (C=O) groups excluding carboxylic acids is 3. The number of unbranched alkanes of at least 4 members (excludes halogenated alkanes) is 23. The van der Waals surface area contributed by atoms with E-state index in [9.17, 15) is 19.5 Å². The van der Waals surface area contributed by atoms with E-state index in [4.69, 9.17) is 18.9 Å². The summed E-state index contributed by atoms with van der Waals surface area (Å²) in [6.07, 6.45) is 66.3. The molecule has 0 amide bonds. The number of hydrogen-bond acceptors (Lipinski definition) is 8. The Bertz CT molecular complexity index is 1440. The van der Waals surface area contributed by atoms with Crippen molar-refractivity contribution in [3.63, 3.8) is 0 Å². The fourth-order valence-electron chi connectivity index (χ4n) is 7.71. The Balaban J connectivity index is 4.22. The zero-order valence-corrected chi connectivity index (χ0v) is 46.3. The maximum atomic E-state index is 12.8. The molecule has 0 saturated carbocycles. The lowest BCUT2D eigenvalue weighted by molar-refractivity contribution is -0.870. The molecule has 0 aromatic heterocycles. The molecule has 0 aromatic carbocycles. The number of ether oxygens (including phenoxy) is 4. The van der Waals surface area contributed by atoms with Crippen molar-refractivity contribution in [1.82, 2.24) is 0 Å². The monoisotopic (exact) mass is 994 g/mol. The third-order valence-electron chi connectivity index (χ3n) is 12.1. The number of likely N-dealkylation sites (N-methyl/N-ethyl adjacent to an activating group) is 1. The maximum Gasteiger partial charge on any atom is 0.306 e. The number of allylic oxidation sites excluding steroid dienone is 14. The van der Waals surface area contributed by atoms with Crippen molar-refractivity contribution in [2.75, 3.05) is 47.5 Å². The molecule has 0 spiro atoms. The van der Waals surface area contributed by atoms with Crippen LogP contribution in [0.4, 0.5) is 0 Å². The van der Waals surface area contributed by atoms with Gasteiger partial charge >= 0.3 is 11.9 Å². The number of quaternary nitrogens is 1. The number of carboxylic acids is 1. The van der Waals surface area contributed by atoms with Gasteiger partial charge in [-0.2, -0.15) is 0 Å². The van der Waals surface area contributed by atoms with Crippen LogP contribution in [0.3, 0.4) is 0 Å². The third-order valence-corrected chi connectivity index (χ3v) is 12.1. The van der Waals surface area contributed by atoms with Crippen molar-refractivity contribution in [3.8, 4) is 0 Å². The van der Waals surface area contributed by atoms with Crippen molar-refractivity contribution < 1.29 is 42.9 Å². The van der Waals surface area contributed by atoms with Crippen LogP contribution in [-0.4, -0.2) is 82.3 Å². The molecule has 0 rings (SSSR count). The molecule has 71 heavy (non-hydrogen) atoms. The van der Waals surface area contributed by atoms with Crippen LogP contribution < -0.4 is 5.11 Å². The summed E-state index contributed by atoms with van der Waals surface area (Å²) >= 11 is 0. The standard InChI is InChI=1S/C62H107NO8/c1-6-8-10-12-14-16-18-20-22-24-25-26-27-28-29-30-31-32-33-34-35-37-38-40-42-44-46-48-50-52-59(64)69-56-58(57-70-62(61(66)67)68-55-54-63(3,4)5)71-60(65)53-51-49-47-45-43-41-39-36-23-21-19-17-15-13-11-9-7-2/h9,11,15,17-18,20-21,23-25,27-28,39,41,58,62H,6-8,10,12-14,16,19,22,26,29-38,40,42-57H2,1-5H3/b11-9-,17-15-,20-18-,23-21-,25-24-,28-27-,41-39-. The van der Waals surface area contributed by atoms with E-state index in [1.54, 1.807) is 0 Å². The molecular formula is C62H107NO8. The molecule has 0 N–H and O–H groups in total. The van der Waals surface area contributed by atoms with Crippen molar-refractivity contribution in [2.24, 2.45) is 0 Å². The second-order valence-corrected chi connectivity index (χ2v) is 20.2. The van der Waals surface area contributed by atoms with E-state index in [1.165, 1.54) is 116 Å². The second kappa shape index (κ2) is 52.8. The Labute approximate surface area is 436 Å². The highest BCUT2D eigenvalue weighted by atomic mass is 16.7. The van der Waals surface area contributed by atoms with Gasteiger partial charge in [-0.15, -0.1) is 0 Å². The molecule has 0 aliphatic carbocycles. The highest BCUT2D eigenvalue weighted by Crippen LogP contribution is 2.15. The SMILES string of the molecule is CC/C=C\C/C=C\C/C=C\C/C=C\CCCCCCC(=O)OC(COC(=O)CCCCCCCCCCCCCCCC/C=C\C/C=C\C/C=C\CCCCCCC)COC(OCC[N+](C)(C)C)C(=O)[O-]. The Morgan fingerprint density at radius 2 is 0.803 bits per heavy atom. The summed E-state index contributed by atoms with van der Waals surface area (Å²) in [5.41, 5.74) is 0. The molecule has 0 saturated heterocycles. The van der Waals surface area contributed by atoms with Gasteiger partial charge in [0.25, 0.3) is 0 Å². The molecule has 2 unspecified atom stereocenters. The van der Waals surface area contributed by atoms with E-state index in [0.717, 1.165) is 83.5 Å². The Morgan fingerprint density at radius 3 is 1.20 bits per heavy atom. The van der Waals surface area contributed by atoms with Crippen LogP contribution in [0.25, 0.3) is 0 Å². The minimum atomic E-state index is -1.63. The third kappa shape index (κ3) is 54.1. The quantitative estimate of drug-likeness (QED) is 0.0195. The zero-order valence-electron chi connectivity index (χ0n) is 46.3. The number of esters is 2. The van der Waals surface area contributed by atoms with Crippen LogP contribution in [0.15, 0.2) is 85.1 Å². The predicted octanol–water partition coefficient (Wildman–Crippen LogP) is 15.5. The molecule has 0 fully saturated rings. The van der Waals surface area contributed by atoms with Gasteiger partial charge in [0.15, 0.2) is 12.4 Å². The first-order valence-electron chi connectivity index (χ1n) is 28.7. The summed E-state index contributed by atoms with van der Waals surface area (Å²) in [5, 5.41) is 11.8. The minimum absolute atomic E-state index is 0.139. The first-order chi connectivity index (χ1) is 34.6. The number of carboxylic acid groups (broad SMARTS) is 1. The number of rotatable bonds is 52. The molecule has 0 aliphatic heterocycles. The second-order valence-electron chi connectivity index (χ2n) is 20.2. The lowest BCUT2D eigenvalue weighted by Gasteiger charge is -2.26. The first-order valence-corrected chi connectivity index (χ1v) is 28.7. The molecule has 0 aromatic rings. The number of nitrogens with zero attached hydrogens (tertiary/aromatic N) is 1. The van der Waals surface area contributed by atoms with Gasteiger partial charge in [-0.1, -0.05) is 214 Å². The van der Waals surface area contributed by atoms with Gasteiger partial charge in [-0.25, -0.2) is 0 Å². The van der Waals surface area contributed by atoms with Crippen LogP contribution in [0.2, 0.25) is 0 Å². The highest BCUT2D eigenvalue weighted by Gasteiger charge is 2.22. The van der Waals surface area contributed by atoms with Crippen LogP contribution in [0.1, 0.15) is 232 Å². The number of hydrogen-bond donors (Lipinski definition) is 0. The lowest BCUT2D eigenvalue weighted by Crippen LogP contribution is -2.44. The first kappa shape index (κ1) is 67.5. The molecule has 2 atom stereocenters. The lowest BCUT2D eigenvalue weighted by atomic mass is 10.0. The van der Waals surface area contributed by atoms with Gasteiger partial charge in [0.2, 0.25) is 0 Å². The smallest absolute Gasteiger partial charge is 0.306 e. The summed E-state index contributed by atoms with van der Waals surface area (Å²) in [4.78, 5) is 37.2. The van der Waals surface area contributed by atoms with E-state index in [-0.39, 0.29) is 38.6 Å². The van der Waals surface area contributed by atoms with Crippen LogP contribution >= 0.6 is 0 Å². The van der Waals surface area contributed by atoms with Crippen LogP contribution in [0.5, 0.6) is 0 Å². The number of aliphatic carboxylic acids is 1. The minimum Gasteiger partial charge on any atom is -0.545 e. The molecule has 9 nitrogen and oxygen atoms in total. The van der Waals surface area contributed by atoms with Crippen LogP contribution in [0, 0.1) is 0 Å². The largest absolute Gasteiger partial charge is 0.545 e. The fraction of sp³-hybridized carbons (Fsp3) is 0.726. The predicted molar refractivity (Wildman–Crippen MR) is 297 cm³/mol. The molecule has 0 aliphatic rings. The van der Waals surface area contributed by atoms with Crippen molar-refractivity contribution in [3.05, 3.63) is 85.1 Å². The average Bonchev–Trinajstić information content (AvgIpc) is 3.34. The number of carbonyl (C=O) groups is 3. The summed E-state index contributed by atoms with van der Waals surface area (Å²) in [6, 6.07) is 0. The Kier molecular flexibility index (Phi) is 50.2.